The SMILES string of the molecule is COCC1CC(c2nc3c(ccc4cc5c(cc43)OCc3cc(-c4cnc(C(C)N(CC(C)C)C(=O)C(NC(=O)OC)C(C)C)[nH]4)ccc3-5)[nH]2)N(C(=O)C(NC(=O)OC)C(C)C)C1. The second-order valence-electron chi connectivity index (χ2n) is 17.8. The predicted molar refractivity (Wildman–Crippen MR) is 239 cm³/mol. The Morgan fingerprint density at radius 1 is 0.889 bits per heavy atom. The highest BCUT2D eigenvalue weighted by molar-refractivity contribution is 6.07. The molecule has 1 saturated heterocycles. The normalized spacial score (nSPS) is 17.3. The van der Waals surface area contributed by atoms with Gasteiger partial charge in [-0.1, -0.05) is 59.7 Å². The van der Waals surface area contributed by atoms with E-state index in [2.05, 4.69) is 64.8 Å². The van der Waals surface area contributed by atoms with E-state index in [1.165, 1.54) is 14.2 Å². The fraction of sp³-hybridized carbons (Fsp3) is 0.489. The molecule has 16 nitrogen and oxygen atoms in total. The first-order valence-electron chi connectivity index (χ1n) is 21.7. The molecular formula is C47H60N8O8. The van der Waals surface area contributed by atoms with Crippen LogP contribution in [0.5, 0.6) is 5.75 Å². The van der Waals surface area contributed by atoms with Crippen molar-refractivity contribution in [3.8, 4) is 28.1 Å². The molecule has 5 unspecified atom stereocenters. The molecule has 5 aromatic rings. The van der Waals surface area contributed by atoms with Crippen molar-refractivity contribution in [1.29, 1.82) is 0 Å². The molecule has 4 amide bonds. The number of amides is 4. The first kappa shape index (κ1) is 44.9. The van der Waals surface area contributed by atoms with Gasteiger partial charge in [-0.25, -0.2) is 19.6 Å². The number of nitrogens with one attached hydrogen (secondary N) is 4. The van der Waals surface area contributed by atoms with Crippen molar-refractivity contribution in [2.45, 2.75) is 85.7 Å². The standard InChI is InChI=1S/C47H60N8O8/c1-24(2)20-54(44(56)39(25(3)4)52-46(58)61-9)27(7)42-48-19-36(50-42)30-11-13-32-31(16-30)23-63-38-18-33-29(17-34(32)38)12-14-35-41(33)51-43(49-35)37-15-28(22-60-8)21-55(37)45(57)40(26(5)6)53-47(59)62-10/h11-14,16-19,24-28,37,39-40H,15,20-23H2,1-10H3,(H,48,50)(H,49,51)(H,52,58)(H,53,59). The molecule has 2 aliphatic heterocycles. The fourth-order valence-corrected chi connectivity index (χ4v) is 8.84. The van der Waals surface area contributed by atoms with Gasteiger partial charge in [-0.15, -0.1) is 0 Å². The number of fused-ring (bicyclic) bond motifs is 6. The lowest BCUT2D eigenvalue weighted by atomic mass is 9.92. The molecular weight excluding hydrogens is 805 g/mol. The van der Waals surface area contributed by atoms with Crippen molar-refractivity contribution in [2.24, 2.45) is 23.7 Å². The van der Waals surface area contributed by atoms with E-state index >= 15 is 0 Å². The van der Waals surface area contributed by atoms with Crippen molar-refractivity contribution in [1.82, 2.24) is 40.4 Å². The van der Waals surface area contributed by atoms with Crippen LogP contribution in [-0.4, -0.2) is 107 Å². The number of methoxy groups -OCH3 is 3. The minimum Gasteiger partial charge on any atom is -0.488 e. The van der Waals surface area contributed by atoms with E-state index in [-0.39, 0.29) is 41.5 Å². The van der Waals surface area contributed by atoms with Gasteiger partial charge < -0.3 is 49.3 Å². The maximum atomic E-state index is 14.1. The lowest BCUT2D eigenvalue weighted by molar-refractivity contribution is -0.137. The second kappa shape index (κ2) is 18.7. The van der Waals surface area contributed by atoms with Gasteiger partial charge >= 0.3 is 12.2 Å². The molecule has 0 aliphatic carbocycles. The Morgan fingerprint density at radius 3 is 2.27 bits per heavy atom. The Balaban J connectivity index is 1.15. The summed E-state index contributed by atoms with van der Waals surface area (Å²) in [6.07, 6.45) is 1.14. The van der Waals surface area contributed by atoms with Crippen LogP contribution in [-0.2, 0) is 30.4 Å². The number of ether oxygens (including phenoxy) is 4. The van der Waals surface area contributed by atoms with Crippen LogP contribution in [0.3, 0.4) is 0 Å². The maximum Gasteiger partial charge on any atom is 0.407 e. The number of rotatable bonds is 14. The van der Waals surface area contributed by atoms with Crippen LogP contribution in [0.1, 0.15) is 84.2 Å². The number of imidazole rings is 2. The van der Waals surface area contributed by atoms with Crippen LogP contribution in [0.4, 0.5) is 9.59 Å². The summed E-state index contributed by atoms with van der Waals surface area (Å²) >= 11 is 0. The maximum absolute atomic E-state index is 14.1. The van der Waals surface area contributed by atoms with Crippen molar-refractivity contribution >= 4 is 45.8 Å². The zero-order valence-electron chi connectivity index (χ0n) is 37.8. The van der Waals surface area contributed by atoms with E-state index in [0.717, 1.165) is 55.5 Å². The quantitative estimate of drug-likeness (QED) is 0.0869. The molecule has 0 spiro atoms. The number of likely N-dealkylation sites (tertiary alicyclic amines) is 1. The molecule has 0 saturated carbocycles. The number of H-pyrrole nitrogens is 2. The van der Waals surface area contributed by atoms with Crippen molar-refractivity contribution in [3.05, 3.63) is 65.9 Å². The third kappa shape index (κ3) is 9.17. The number of hydrogen-bond acceptors (Lipinski definition) is 10. The van der Waals surface area contributed by atoms with Crippen LogP contribution in [0.15, 0.2) is 48.7 Å². The van der Waals surface area contributed by atoms with Crippen LogP contribution >= 0.6 is 0 Å². The van der Waals surface area contributed by atoms with E-state index in [1.807, 2.05) is 51.7 Å². The Bertz CT molecular complexity index is 2490. The topological polar surface area (TPSA) is 193 Å². The lowest BCUT2D eigenvalue weighted by Crippen LogP contribution is -2.52. The van der Waals surface area contributed by atoms with Crippen LogP contribution < -0.4 is 15.4 Å². The van der Waals surface area contributed by atoms with Gasteiger partial charge in [0.25, 0.3) is 0 Å². The number of benzene rings is 3. The molecule has 336 valence electrons. The first-order chi connectivity index (χ1) is 30.1. The van der Waals surface area contributed by atoms with Crippen molar-refractivity contribution in [3.63, 3.8) is 0 Å². The van der Waals surface area contributed by atoms with E-state index in [4.69, 9.17) is 28.9 Å². The largest absolute Gasteiger partial charge is 0.488 e. The molecule has 1 fully saturated rings. The molecule has 2 aliphatic rings. The number of aromatic amines is 2. The van der Waals surface area contributed by atoms with Gasteiger partial charge in [-0.05, 0) is 77.4 Å². The van der Waals surface area contributed by atoms with Crippen LogP contribution in [0.25, 0.3) is 44.2 Å². The smallest absolute Gasteiger partial charge is 0.407 e. The minimum absolute atomic E-state index is 0.0938. The molecule has 4 N–H and O–H groups in total. The number of nitrogens with zero attached hydrogens (tertiary/aromatic N) is 4. The highest BCUT2D eigenvalue weighted by atomic mass is 16.5. The molecule has 5 atom stereocenters. The van der Waals surface area contributed by atoms with E-state index in [0.29, 0.717) is 44.4 Å². The van der Waals surface area contributed by atoms with Gasteiger partial charge in [0.15, 0.2) is 0 Å². The fourth-order valence-electron chi connectivity index (χ4n) is 8.84. The third-order valence-corrected chi connectivity index (χ3v) is 12.2. The van der Waals surface area contributed by atoms with Gasteiger partial charge in [0.1, 0.15) is 36.1 Å². The van der Waals surface area contributed by atoms with Crippen LogP contribution in [0.2, 0.25) is 0 Å². The summed E-state index contributed by atoms with van der Waals surface area (Å²) in [6.45, 7) is 15.4. The van der Waals surface area contributed by atoms with Gasteiger partial charge in [0.05, 0.1) is 55.8 Å². The molecule has 63 heavy (non-hydrogen) atoms. The number of aromatic nitrogens is 4. The summed E-state index contributed by atoms with van der Waals surface area (Å²) in [6, 6.07) is 12.3. The summed E-state index contributed by atoms with van der Waals surface area (Å²) in [4.78, 5) is 72.8. The summed E-state index contributed by atoms with van der Waals surface area (Å²) in [5, 5.41) is 7.37. The van der Waals surface area contributed by atoms with Crippen molar-refractivity contribution in [2.75, 3.05) is 41.0 Å². The van der Waals surface area contributed by atoms with E-state index in [9.17, 15) is 19.2 Å². The zero-order chi connectivity index (χ0) is 45.3. The molecule has 3 aromatic carbocycles. The van der Waals surface area contributed by atoms with Gasteiger partial charge in [-0.2, -0.15) is 0 Å². The number of hydrogen-bond donors (Lipinski definition) is 4. The monoisotopic (exact) mass is 864 g/mol. The van der Waals surface area contributed by atoms with Crippen molar-refractivity contribution < 1.29 is 38.1 Å². The average molecular weight is 865 g/mol. The Kier molecular flexibility index (Phi) is 13.3. The van der Waals surface area contributed by atoms with Gasteiger partial charge in [-0.3, -0.25) is 9.59 Å². The van der Waals surface area contributed by atoms with Crippen LogP contribution in [0, 0.1) is 23.7 Å². The molecule has 0 bridgehead atoms. The first-order valence-corrected chi connectivity index (χ1v) is 21.7. The lowest BCUT2D eigenvalue weighted by Gasteiger charge is -2.34. The number of alkyl carbamates (subject to hydrolysis) is 2. The summed E-state index contributed by atoms with van der Waals surface area (Å²) < 4.78 is 21.6. The van der Waals surface area contributed by atoms with E-state index in [1.54, 1.807) is 18.2 Å². The van der Waals surface area contributed by atoms with E-state index < -0.39 is 30.3 Å². The third-order valence-electron chi connectivity index (χ3n) is 12.2. The summed E-state index contributed by atoms with van der Waals surface area (Å²) in [5.41, 5.74) is 6.42. The molecule has 4 heterocycles. The highest BCUT2D eigenvalue weighted by Gasteiger charge is 2.42. The highest BCUT2D eigenvalue weighted by Crippen LogP contribution is 2.43. The molecule has 16 heteroatoms. The Hall–Kier alpha value is -6.16. The minimum atomic E-state index is -0.764. The summed E-state index contributed by atoms with van der Waals surface area (Å²) in [5.74, 6) is 1.61. The second-order valence-corrected chi connectivity index (χ2v) is 17.8. The molecule has 7 rings (SSSR count). The Labute approximate surface area is 367 Å². The zero-order valence-corrected chi connectivity index (χ0v) is 37.8. The predicted octanol–water partition coefficient (Wildman–Crippen LogP) is 7.51. The summed E-state index contributed by atoms with van der Waals surface area (Å²) in [7, 11) is 4.23. The Morgan fingerprint density at radius 2 is 1.60 bits per heavy atom. The van der Waals surface area contributed by atoms with Gasteiger partial charge in [0.2, 0.25) is 11.8 Å². The number of carbonyl (C=O) groups is 4. The number of carbonyl (C=O) groups excluding carboxylic acids is 4. The van der Waals surface area contributed by atoms with Gasteiger partial charge in [0, 0.05) is 37.1 Å². The molecule has 0 radical (unpaired) electrons. The molecule has 2 aromatic heterocycles. The average Bonchev–Trinajstić information content (AvgIpc) is 4.04.